The van der Waals surface area contributed by atoms with Gasteiger partial charge in [0, 0.05) is 6.04 Å². The van der Waals surface area contributed by atoms with Crippen LogP contribution in [0, 0.1) is 11.6 Å². The Balaban J connectivity index is 2.46. The molecule has 102 valence electrons. The van der Waals surface area contributed by atoms with Crippen molar-refractivity contribution in [3.05, 3.63) is 51.8 Å². The highest BCUT2D eigenvalue weighted by Crippen LogP contribution is 2.30. The molecule has 0 fully saturated rings. The molecule has 0 radical (unpaired) electrons. The van der Waals surface area contributed by atoms with Crippen LogP contribution in [0.5, 0.6) is 0 Å². The molecule has 0 amide bonds. The number of halogens is 3. The minimum Gasteiger partial charge on any atom is -0.382 e. The van der Waals surface area contributed by atoms with Crippen molar-refractivity contribution in [2.24, 2.45) is 0 Å². The van der Waals surface area contributed by atoms with Crippen LogP contribution in [0.1, 0.15) is 37.3 Å². The molecule has 0 saturated heterocycles. The molecule has 1 unspecified atom stereocenters. The second-order valence-corrected chi connectivity index (χ2v) is 5.35. The van der Waals surface area contributed by atoms with Gasteiger partial charge < -0.3 is 5.11 Å². The highest BCUT2D eigenvalue weighted by atomic mass is 79.9. The zero-order valence-electron chi connectivity index (χ0n) is 10.4. The number of hydrogen-bond donors (Lipinski definition) is 1. The Labute approximate surface area is 118 Å². The maximum atomic E-state index is 13.2. The standard InChI is InChI=1S/C13H13BrF2N2O/c1-7(2)18-12(9(14)6-17-18)13(19)8-3-4-10(15)11(16)5-8/h3-7,13,19H,1-2H3. The highest BCUT2D eigenvalue weighted by molar-refractivity contribution is 9.10. The average molecular weight is 331 g/mol. The topological polar surface area (TPSA) is 38.0 Å². The fourth-order valence-electron chi connectivity index (χ4n) is 1.86. The largest absolute Gasteiger partial charge is 0.382 e. The number of rotatable bonds is 3. The van der Waals surface area contributed by atoms with Gasteiger partial charge in [-0.25, -0.2) is 8.78 Å². The molecule has 0 saturated carbocycles. The van der Waals surface area contributed by atoms with E-state index in [1.54, 1.807) is 10.9 Å². The average Bonchev–Trinajstić information content (AvgIpc) is 2.74. The Kier molecular flexibility index (Phi) is 4.01. The lowest BCUT2D eigenvalue weighted by Crippen LogP contribution is -2.13. The Bertz CT molecular complexity index is 598. The van der Waals surface area contributed by atoms with Gasteiger partial charge in [0.1, 0.15) is 6.10 Å². The summed E-state index contributed by atoms with van der Waals surface area (Å²) < 4.78 is 28.4. The minimum atomic E-state index is -1.07. The fraction of sp³-hybridized carbons (Fsp3) is 0.308. The molecule has 2 rings (SSSR count). The summed E-state index contributed by atoms with van der Waals surface area (Å²) >= 11 is 3.31. The van der Waals surface area contributed by atoms with Crippen LogP contribution in [0.3, 0.4) is 0 Å². The molecule has 0 spiro atoms. The van der Waals surface area contributed by atoms with Crippen molar-refractivity contribution >= 4 is 15.9 Å². The summed E-state index contributed by atoms with van der Waals surface area (Å²) in [4.78, 5) is 0. The summed E-state index contributed by atoms with van der Waals surface area (Å²) in [6, 6.07) is 3.39. The first kappa shape index (κ1) is 14.1. The molecular formula is C13H13BrF2N2O. The third-order valence-electron chi connectivity index (χ3n) is 2.79. The quantitative estimate of drug-likeness (QED) is 0.933. The van der Waals surface area contributed by atoms with Crippen LogP contribution in [-0.2, 0) is 0 Å². The molecule has 2 aromatic rings. The number of aliphatic hydroxyl groups is 1. The molecule has 0 aliphatic rings. The van der Waals surface area contributed by atoms with E-state index >= 15 is 0 Å². The van der Waals surface area contributed by atoms with E-state index in [4.69, 9.17) is 0 Å². The summed E-state index contributed by atoms with van der Waals surface area (Å²) in [5, 5.41) is 14.5. The SMILES string of the molecule is CC(C)n1ncc(Br)c1C(O)c1ccc(F)c(F)c1. The maximum Gasteiger partial charge on any atom is 0.159 e. The monoisotopic (exact) mass is 330 g/mol. The summed E-state index contributed by atoms with van der Waals surface area (Å²) in [5.74, 6) is -1.92. The summed E-state index contributed by atoms with van der Waals surface area (Å²) in [6.45, 7) is 3.84. The fourth-order valence-corrected chi connectivity index (χ4v) is 2.35. The van der Waals surface area contributed by atoms with Gasteiger partial charge in [-0.05, 0) is 47.5 Å². The summed E-state index contributed by atoms with van der Waals surface area (Å²) in [6.07, 6.45) is 0.493. The molecule has 1 aromatic carbocycles. The predicted molar refractivity (Wildman–Crippen MR) is 70.7 cm³/mol. The van der Waals surface area contributed by atoms with Crippen LogP contribution in [0.4, 0.5) is 8.78 Å². The van der Waals surface area contributed by atoms with Crippen molar-refractivity contribution < 1.29 is 13.9 Å². The molecule has 0 aliphatic carbocycles. The van der Waals surface area contributed by atoms with Crippen molar-refractivity contribution in [3.8, 4) is 0 Å². The first-order valence-corrected chi connectivity index (χ1v) is 6.57. The number of benzene rings is 1. The van der Waals surface area contributed by atoms with Gasteiger partial charge >= 0.3 is 0 Å². The van der Waals surface area contributed by atoms with E-state index in [0.717, 1.165) is 12.1 Å². The zero-order chi connectivity index (χ0) is 14.2. The molecule has 0 bridgehead atoms. The van der Waals surface area contributed by atoms with Crippen LogP contribution in [0.15, 0.2) is 28.9 Å². The van der Waals surface area contributed by atoms with Crippen LogP contribution in [0.2, 0.25) is 0 Å². The van der Waals surface area contributed by atoms with E-state index in [0.29, 0.717) is 10.2 Å². The smallest absolute Gasteiger partial charge is 0.159 e. The van der Waals surface area contributed by atoms with Crippen molar-refractivity contribution in [2.75, 3.05) is 0 Å². The molecule has 3 nitrogen and oxygen atoms in total. The van der Waals surface area contributed by atoms with E-state index in [9.17, 15) is 13.9 Å². The zero-order valence-corrected chi connectivity index (χ0v) is 12.0. The lowest BCUT2D eigenvalue weighted by Gasteiger charge is -2.17. The number of aliphatic hydroxyl groups excluding tert-OH is 1. The van der Waals surface area contributed by atoms with Gasteiger partial charge in [0.05, 0.1) is 16.4 Å². The summed E-state index contributed by atoms with van der Waals surface area (Å²) in [7, 11) is 0. The van der Waals surface area contributed by atoms with E-state index in [1.165, 1.54) is 6.07 Å². The molecule has 1 heterocycles. The molecule has 1 N–H and O–H groups in total. The van der Waals surface area contributed by atoms with Crippen molar-refractivity contribution in [1.29, 1.82) is 0 Å². The van der Waals surface area contributed by atoms with Gasteiger partial charge in [0.2, 0.25) is 0 Å². The first-order valence-electron chi connectivity index (χ1n) is 5.77. The number of nitrogens with zero attached hydrogens (tertiary/aromatic N) is 2. The van der Waals surface area contributed by atoms with Crippen molar-refractivity contribution in [1.82, 2.24) is 9.78 Å². The van der Waals surface area contributed by atoms with Crippen LogP contribution >= 0.6 is 15.9 Å². The number of hydrogen-bond acceptors (Lipinski definition) is 2. The molecule has 1 aromatic heterocycles. The molecule has 0 aliphatic heterocycles. The Morgan fingerprint density at radius 3 is 2.53 bits per heavy atom. The van der Waals surface area contributed by atoms with Crippen molar-refractivity contribution in [2.45, 2.75) is 26.0 Å². The lowest BCUT2D eigenvalue weighted by atomic mass is 10.1. The van der Waals surface area contributed by atoms with Crippen LogP contribution < -0.4 is 0 Å². The Morgan fingerprint density at radius 2 is 1.95 bits per heavy atom. The van der Waals surface area contributed by atoms with E-state index in [1.807, 2.05) is 13.8 Å². The van der Waals surface area contributed by atoms with Gasteiger partial charge in [-0.1, -0.05) is 6.07 Å². The molecular weight excluding hydrogens is 318 g/mol. The molecule has 6 heteroatoms. The lowest BCUT2D eigenvalue weighted by molar-refractivity contribution is 0.203. The van der Waals surface area contributed by atoms with Crippen LogP contribution in [-0.4, -0.2) is 14.9 Å². The predicted octanol–water partition coefficient (Wildman–Crippen LogP) is 3.59. The van der Waals surface area contributed by atoms with Gasteiger partial charge in [-0.3, -0.25) is 4.68 Å². The third kappa shape index (κ3) is 2.69. The van der Waals surface area contributed by atoms with Gasteiger partial charge in [0.15, 0.2) is 11.6 Å². The minimum absolute atomic E-state index is 0.0428. The number of aromatic nitrogens is 2. The second kappa shape index (κ2) is 5.38. The van der Waals surface area contributed by atoms with Gasteiger partial charge in [-0.2, -0.15) is 5.10 Å². The van der Waals surface area contributed by atoms with Gasteiger partial charge in [-0.15, -0.1) is 0 Å². The van der Waals surface area contributed by atoms with E-state index in [2.05, 4.69) is 21.0 Å². The molecule has 1 atom stereocenters. The third-order valence-corrected chi connectivity index (χ3v) is 3.41. The second-order valence-electron chi connectivity index (χ2n) is 4.49. The van der Waals surface area contributed by atoms with Crippen LogP contribution in [0.25, 0.3) is 0 Å². The van der Waals surface area contributed by atoms with E-state index < -0.39 is 17.7 Å². The van der Waals surface area contributed by atoms with Crippen molar-refractivity contribution in [3.63, 3.8) is 0 Å². The highest BCUT2D eigenvalue weighted by Gasteiger charge is 2.21. The summed E-state index contributed by atoms with van der Waals surface area (Å²) in [5.41, 5.74) is 0.794. The normalized spacial score (nSPS) is 13.0. The Morgan fingerprint density at radius 1 is 1.26 bits per heavy atom. The molecule has 19 heavy (non-hydrogen) atoms. The first-order chi connectivity index (χ1) is 8.91. The Hall–Kier alpha value is -1.27. The van der Waals surface area contributed by atoms with Gasteiger partial charge in [0.25, 0.3) is 0 Å². The maximum absolute atomic E-state index is 13.2. The van der Waals surface area contributed by atoms with E-state index in [-0.39, 0.29) is 11.6 Å².